The quantitative estimate of drug-likeness (QED) is 0.397. The number of hydrazine groups is 1. The van der Waals surface area contributed by atoms with Crippen molar-refractivity contribution in [2.75, 3.05) is 5.43 Å². The summed E-state index contributed by atoms with van der Waals surface area (Å²) in [5, 5.41) is 14.6. The van der Waals surface area contributed by atoms with Gasteiger partial charge < -0.3 is 5.43 Å². The molecule has 0 saturated heterocycles. The number of hydrogen-bond donors (Lipinski definition) is 2. The number of nitrogen functional groups attached to an aromatic ring is 1. The number of aromatic nitrogens is 2. The lowest BCUT2D eigenvalue weighted by Crippen LogP contribution is -2.12. The predicted molar refractivity (Wildman–Crippen MR) is 47.1 cm³/mol. The number of rotatable bonds is 3. The summed E-state index contributed by atoms with van der Waals surface area (Å²) in [7, 11) is 1.60. The number of nitrogens with two attached hydrogens (primary N) is 1. The zero-order chi connectivity index (χ0) is 10.0. The number of nitro groups is 1. The zero-order valence-corrected chi connectivity index (χ0v) is 7.44. The summed E-state index contributed by atoms with van der Waals surface area (Å²) < 4.78 is 1.36. The van der Waals surface area contributed by atoms with Crippen LogP contribution >= 0.6 is 0 Å². The van der Waals surface area contributed by atoms with E-state index in [1.165, 1.54) is 4.68 Å². The molecule has 0 aliphatic rings. The van der Waals surface area contributed by atoms with Crippen LogP contribution in [0, 0.1) is 10.1 Å². The summed E-state index contributed by atoms with van der Waals surface area (Å²) in [6, 6.07) is 0. The van der Waals surface area contributed by atoms with Crippen LogP contribution in [0.2, 0.25) is 0 Å². The molecule has 0 aliphatic heterocycles. The molecular weight excluding hydrogens is 174 g/mol. The molecule has 1 rings (SSSR count). The molecule has 0 radical (unpaired) electrons. The van der Waals surface area contributed by atoms with Crippen molar-refractivity contribution >= 4 is 11.5 Å². The SMILES string of the molecule is CCc1nn(C)c(NN)c1[N+](=O)[O-]. The van der Waals surface area contributed by atoms with Gasteiger partial charge in [-0.15, -0.1) is 0 Å². The minimum atomic E-state index is -0.485. The van der Waals surface area contributed by atoms with Gasteiger partial charge in [0.2, 0.25) is 5.82 Å². The van der Waals surface area contributed by atoms with Gasteiger partial charge in [-0.2, -0.15) is 5.10 Å². The average Bonchev–Trinajstić information content (AvgIpc) is 2.41. The Hall–Kier alpha value is -1.63. The van der Waals surface area contributed by atoms with Gasteiger partial charge in [0.25, 0.3) is 0 Å². The van der Waals surface area contributed by atoms with E-state index in [9.17, 15) is 10.1 Å². The van der Waals surface area contributed by atoms with E-state index in [4.69, 9.17) is 5.84 Å². The molecule has 0 amide bonds. The molecule has 0 atom stereocenters. The lowest BCUT2D eigenvalue weighted by atomic mass is 10.3. The Balaban J connectivity index is 3.32. The van der Waals surface area contributed by atoms with Crippen LogP contribution in [0.5, 0.6) is 0 Å². The molecule has 0 aromatic carbocycles. The first-order valence-electron chi connectivity index (χ1n) is 3.78. The largest absolute Gasteiger partial charge is 0.335 e. The summed E-state index contributed by atoms with van der Waals surface area (Å²) in [6.45, 7) is 1.80. The molecule has 0 bridgehead atoms. The number of nitrogens with one attached hydrogen (secondary N) is 1. The van der Waals surface area contributed by atoms with Crippen molar-refractivity contribution in [1.29, 1.82) is 0 Å². The highest BCUT2D eigenvalue weighted by atomic mass is 16.6. The number of hydrogen-bond acceptors (Lipinski definition) is 5. The molecular formula is C6H11N5O2. The smallest absolute Gasteiger partial charge is 0.303 e. The fourth-order valence-corrected chi connectivity index (χ4v) is 1.16. The first-order chi connectivity index (χ1) is 6.11. The standard InChI is InChI=1S/C6H11N5O2/c1-3-4-5(11(12)13)6(8-7)10(2)9-4/h8H,3,7H2,1-2H3. The maximum absolute atomic E-state index is 10.6. The average molecular weight is 185 g/mol. The van der Waals surface area contributed by atoms with E-state index < -0.39 is 4.92 Å². The Kier molecular flexibility index (Phi) is 2.47. The lowest BCUT2D eigenvalue weighted by molar-refractivity contribution is -0.384. The van der Waals surface area contributed by atoms with Gasteiger partial charge in [0.05, 0.1) is 4.92 Å². The van der Waals surface area contributed by atoms with Crippen molar-refractivity contribution in [1.82, 2.24) is 9.78 Å². The van der Waals surface area contributed by atoms with Gasteiger partial charge in [-0.1, -0.05) is 6.92 Å². The summed E-state index contributed by atoms with van der Waals surface area (Å²) in [4.78, 5) is 10.1. The zero-order valence-electron chi connectivity index (χ0n) is 7.44. The van der Waals surface area contributed by atoms with E-state index >= 15 is 0 Å². The summed E-state index contributed by atoms with van der Waals surface area (Å²) in [6.07, 6.45) is 0.506. The third-order valence-electron chi connectivity index (χ3n) is 1.75. The molecule has 72 valence electrons. The normalized spacial score (nSPS) is 10.1. The summed E-state index contributed by atoms with van der Waals surface area (Å²) >= 11 is 0. The van der Waals surface area contributed by atoms with Gasteiger partial charge in [0, 0.05) is 7.05 Å². The molecule has 0 fully saturated rings. The molecule has 7 heteroatoms. The van der Waals surface area contributed by atoms with Gasteiger partial charge in [-0.3, -0.25) is 10.1 Å². The Bertz CT molecular complexity index is 332. The Morgan fingerprint density at radius 3 is 2.77 bits per heavy atom. The molecule has 3 N–H and O–H groups in total. The van der Waals surface area contributed by atoms with Crippen LogP contribution in [0.1, 0.15) is 12.6 Å². The third kappa shape index (κ3) is 1.45. The Morgan fingerprint density at radius 2 is 2.38 bits per heavy atom. The first-order valence-corrected chi connectivity index (χ1v) is 3.78. The molecule has 0 unspecified atom stereocenters. The van der Waals surface area contributed by atoms with Crippen molar-refractivity contribution in [3.05, 3.63) is 15.8 Å². The first kappa shape index (κ1) is 9.46. The molecule has 13 heavy (non-hydrogen) atoms. The van der Waals surface area contributed by atoms with E-state index in [2.05, 4.69) is 10.5 Å². The minimum Gasteiger partial charge on any atom is -0.303 e. The second-order valence-corrected chi connectivity index (χ2v) is 2.52. The summed E-state index contributed by atoms with van der Waals surface area (Å²) in [5.41, 5.74) is 2.64. The molecule has 0 aliphatic carbocycles. The van der Waals surface area contributed by atoms with Gasteiger partial charge in [0.1, 0.15) is 5.69 Å². The second-order valence-electron chi connectivity index (χ2n) is 2.52. The predicted octanol–water partition coefficient (Wildman–Crippen LogP) is 0.176. The van der Waals surface area contributed by atoms with Crippen LogP contribution in [-0.2, 0) is 13.5 Å². The fraction of sp³-hybridized carbons (Fsp3) is 0.500. The number of anilines is 1. The Morgan fingerprint density at radius 1 is 1.77 bits per heavy atom. The van der Waals surface area contributed by atoms with E-state index in [1.807, 2.05) is 0 Å². The van der Waals surface area contributed by atoms with Crippen molar-refractivity contribution < 1.29 is 4.92 Å². The molecule has 1 heterocycles. The van der Waals surface area contributed by atoms with Gasteiger partial charge in [-0.25, -0.2) is 10.5 Å². The van der Waals surface area contributed by atoms with Crippen LogP contribution in [0.3, 0.4) is 0 Å². The lowest BCUT2D eigenvalue weighted by Gasteiger charge is -1.97. The van der Waals surface area contributed by atoms with Gasteiger partial charge in [-0.05, 0) is 6.42 Å². The van der Waals surface area contributed by atoms with E-state index in [0.29, 0.717) is 12.1 Å². The van der Waals surface area contributed by atoms with Crippen LogP contribution in [0.25, 0.3) is 0 Å². The highest BCUT2D eigenvalue weighted by Crippen LogP contribution is 2.27. The van der Waals surface area contributed by atoms with Crippen molar-refractivity contribution in [3.8, 4) is 0 Å². The maximum atomic E-state index is 10.6. The maximum Gasteiger partial charge on any atom is 0.335 e. The number of aryl methyl sites for hydroxylation is 2. The van der Waals surface area contributed by atoms with Crippen LogP contribution in [0.4, 0.5) is 11.5 Å². The molecule has 7 nitrogen and oxygen atoms in total. The number of nitrogens with zero attached hydrogens (tertiary/aromatic N) is 3. The van der Waals surface area contributed by atoms with Crippen LogP contribution in [-0.4, -0.2) is 14.7 Å². The van der Waals surface area contributed by atoms with E-state index in [0.717, 1.165) is 0 Å². The Labute approximate surface area is 74.6 Å². The topological polar surface area (TPSA) is 99.0 Å². The highest BCUT2D eigenvalue weighted by Gasteiger charge is 2.24. The van der Waals surface area contributed by atoms with Crippen LogP contribution < -0.4 is 11.3 Å². The minimum absolute atomic E-state index is 0.0486. The fourth-order valence-electron chi connectivity index (χ4n) is 1.16. The van der Waals surface area contributed by atoms with Crippen molar-refractivity contribution in [2.24, 2.45) is 12.9 Å². The molecule has 1 aromatic rings. The van der Waals surface area contributed by atoms with Gasteiger partial charge >= 0.3 is 5.69 Å². The van der Waals surface area contributed by atoms with Crippen molar-refractivity contribution in [2.45, 2.75) is 13.3 Å². The monoisotopic (exact) mass is 185 g/mol. The van der Waals surface area contributed by atoms with Crippen LogP contribution in [0.15, 0.2) is 0 Å². The van der Waals surface area contributed by atoms with E-state index in [1.54, 1.807) is 14.0 Å². The summed E-state index contributed by atoms with van der Waals surface area (Å²) in [5.74, 6) is 5.37. The molecule has 0 saturated carbocycles. The van der Waals surface area contributed by atoms with Crippen molar-refractivity contribution in [3.63, 3.8) is 0 Å². The second kappa shape index (κ2) is 3.40. The molecule has 0 spiro atoms. The van der Waals surface area contributed by atoms with E-state index in [-0.39, 0.29) is 11.5 Å². The molecule has 1 aromatic heterocycles. The van der Waals surface area contributed by atoms with Gasteiger partial charge in [0.15, 0.2) is 0 Å². The highest BCUT2D eigenvalue weighted by molar-refractivity contribution is 5.58. The third-order valence-corrected chi connectivity index (χ3v) is 1.75.